The zero-order valence-corrected chi connectivity index (χ0v) is 22.5. The van der Waals surface area contributed by atoms with Crippen molar-refractivity contribution in [1.82, 2.24) is 9.80 Å². The molecule has 0 unspecified atom stereocenters. The molecule has 0 saturated carbocycles. The quantitative estimate of drug-likeness (QED) is 0.346. The Kier molecular flexibility index (Phi) is 8.42. The summed E-state index contributed by atoms with van der Waals surface area (Å²) >= 11 is 6.01. The van der Waals surface area contributed by atoms with Crippen molar-refractivity contribution >= 4 is 35.8 Å². The molecule has 1 saturated heterocycles. The number of ether oxygens (including phenoxy) is 2. The average molecular weight is 541 g/mol. The van der Waals surface area contributed by atoms with Gasteiger partial charge in [-0.2, -0.15) is 0 Å². The third-order valence-electron chi connectivity index (χ3n) is 7.17. The van der Waals surface area contributed by atoms with Crippen LogP contribution in [-0.4, -0.2) is 48.9 Å². The lowest BCUT2D eigenvalue weighted by Gasteiger charge is -2.32. The van der Waals surface area contributed by atoms with Gasteiger partial charge in [-0.1, -0.05) is 41.9 Å². The van der Waals surface area contributed by atoms with E-state index in [1.165, 1.54) is 16.0 Å². The van der Waals surface area contributed by atoms with E-state index in [-0.39, 0.29) is 30.8 Å². The highest BCUT2D eigenvalue weighted by Crippen LogP contribution is 2.32. The molecule has 0 radical (unpaired) electrons. The van der Waals surface area contributed by atoms with Gasteiger partial charge in [0.25, 0.3) is 11.8 Å². The minimum absolute atomic E-state index is 0. The number of hydrogen-bond donors (Lipinski definition) is 0. The summed E-state index contributed by atoms with van der Waals surface area (Å²) in [5.74, 6) is 1.45. The molecule has 1 fully saturated rings. The van der Waals surface area contributed by atoms with Crippen LogP contribution in [0, 0.1) is 0 Å². The van der Waals surface area contributed by atoms with Gasteiger partial charge in [-0.25, -0.2) is 0 Å². The molecule has 2 aliphatic heterocycles. The number of nitrogens with zero attached hydrogens (tertiary/aromatic N) is 2. The summed E-state index contributed by atoms with van der Waals surface area (Å²) in [6.07, 6.45) is 2.18. The molecule has 3 aromatic rings. The molecule has 3 aromatic carbocycles. The molecule has 6 nitrogen and oxygen atoms in total. The van der Waals surface area contributed by atoms with Crippen LogP contribution >= 0.6 is 24.0 Å². The van der Waals surface area contributed by atoms with Gasteiger partial charge in [-0.05, 0) is 78.9 Å². The van der Waals surface area contributed by atoms with E-state index in [2.05, 4.69) is 23.1 Å². The highest BCUT2D eigenvalue weighted by molar-refractivity contribution is 6.32. The SMILES string of the molecule is COc1ccc(CN2CCC(c3ccc(CN4C(=O)c5ccc(Cl)cc5C4=O)cc3)CC2)cc1OC.Cl. The van der Waals surface area contributed by atoms with E-state index in [0.717, 1.165) is 49.5 Å². The fourth-order valence-electron chi connectivity index (χ4n) is 5.15. The van der Waals surface area contributed by atoms with Gasteiger partial charge in [0, 0.05) is 11.6 Å². The zero-order valence-electron chi connectivity index (χ0n) is 20.9. The van der Waals surface area contributed by atoms with E-state index in [0.29, 0.717) is 22.1 Å². The van der Waals surface area contributed by atoms with Crippen LogP contribution in [0.2, 0.25) is 5.02 Å². The fourth-order valence-corrected chi connectivity index (χ4v) is 5.32. The summed E-state index contributed by atoms with van der Waals surface area (Å²) < 4.78 is 10.8. The largest absolute Gasteiger partial charge is 0.493 e. The maximum Gasteiger partial charge on any atom is 0.261 e. The molecule has 2 heterocycles. The minimum Gasteiger partial charge on any atom is -0.493 e. The van der Waals surface area contributed by atoms with E-state index >= 15 is 0 Å². The summed E-state index contributed by atoms with van der Waals surface area (Å²) in [7, 11) is 3.31. The first kappa shape index (κ1) is 27.0. The Morgan fingerprint density at radius 1 is 0.784 bits per heavy atom. The van der Waals surface area contributed by atoms with Crippen molar-refractivity contribution in [3.05, 3.63) is 93.5 Å². The molecule has 0 N–H and O–H groups in total. The molecule has 5 rings (SSSR count). The van der Waals surface area contributed by atoms with Crippen LogP contribution in [0.5, 0.6) is 11.5 Å². The second-order valence-electron chi connectivity index (χ2n) is 9.37. The van der Waals surface area contributed by atoms with Gasteiger partial charge < -0.3 is 9.47 Å². The number of hydrogen-bond acceptors (Lipinski definition) is 5. The monoisotopic (exact) mass is 540 g/mol. The normalized spacial score (nSPS) is 15.9. The summed E-state index contributed by atoms with van der Waals surface area (Å²) in [5, 5.41) is 0.455. The lowest BCUT2D eigenvalue weighted by atomic mass is 9.89. The molecule has 2 aliphatic rings. The van der Waals surface area contributed by atoms with Crippen LogP contribution in [0.25, 0.3) is 0 Å². The number of likely N-dealkylation sites (tertiary alicyclic amines) is 1. The first-order chi connectivity index (χ1) is 17.5. The predicted molar refractivity (Wildman–Crippen MR) is 146 cm³/mol. The summed E-state index contributed by atoms with van der Waals surface area (Å²) in [4.78, 5) is 29.2. The third kappa shape index (κ3) is 5.61. The topological polar surface area (TPSA) is 59.1 Å². The van der Waals surface area contributed by atoms with E-state index in [1.54, 1.807) is 32.4 Å². The molecule has 0 atom stereocenters. The van der Waals surface area contributed by atoms with Gasteiger partial charge in [0.05, 0.1) is 31.9 Å². The highest BCUT2D eigenvalue weighted by Gasteiger charge is 2.35. The lowest BCUT2D eigenvalue weighted by molar-refractivity contribution is 0.0642. The zero-order chi connectivity index (χ0) is 25.2. The van der Waals surface area contributed by atoms with E-state index in [4.69, 9.17) is 21.1 Å². The molecular weight excluding hydrogens is 511 g/mol. The van der Waals surface area contributed by atoms with Crippen molar-refractivity contribution < 1.29 is 19.1 Å². The molecule has 2 amide bonds. The van der Waals surface area contributed by atoms with Crippen molar-refractivity contribution in [3.63, 3.8) is 0 Å². The van der Waals surface area contributed by atoms with Crippen molar-refractivity contribution in [2.45, 2.75) is 31.8 Å². The second kappa shape index (κ2) is 11.5. The smallest absolute Gasteiger partial charge is 0.261 e. The van der Waals surface area contributed by atoms with Crippen molar-refractivity contribution in [3.8, 4) is 11.5 Å². The van der Waals surface area contributed by atoms with Crippen molar-refractivity contribution in [1.29, 1.82) is 0 Å². The molecule has 0 aromatic heterocycles. The Morgan fingerprint density at radius 2 is 1.43 bits per heavy atom. The van der Waals surface area contributed by atoms with Crippen LogP contribution in [0.1, 0.15) is 56.2 Å². The Bertz CT molecular complexity index is 1290. The van der Waals surface area contributed by atoms with Gasteiger partial charge in [0.15, 0.2) is 11.5 Å². The molecule has 0 bridgehead atoms. The molecular formula is C29H30Cl2N2O4. The Labute approximate surface area is 228 Å². The average Bonchev–Trinajstić information content (AvgIpc) is 3.13. The number of amides is 2. The molecule has 0 spiro atoms. The van der Waals surface area contributed by atoms with Crippen molar-refractivity contribution in [2.75, 3.05) is 27.3 Å². The predicted octanol–water partition coefficient (Wildman–Crippen LogP) is 5.95. The van der Waals surface area contributed by atoms with E-state index in [1.807, 2.05) is 24.3 Å². The minimum atomic E-state index is -0.288. The van der Waals surface area contributed by atoms with Gasteiger partial charge in [-0.15, -0.1) is 12.4 Å². The van der Waals surface area contributed by atoms with Crippen LogP contribution in [0.15, 0.2) is 60.7 Å². The number of rotatable bonds is 7. The fraction of sp³-hybridized carbons (Fsp3) is 0.310. The van der Waals surface area contributed by atoms with Gasteiger partial charge in [-0.3, -0.25) is 19.4 Å². The number of imide groups is 1. The summed E-state index contributed by atoms with van der Waals surface area (Å²) in [5.41, 5.74) is 4.25. The van der Waals surface area contributed by atoms with Gasteiger partial charge in [0.1, 0.15) is 0 Å². The number of benzene rings is 3. The van der Waals surface area contributed by atoms with Crippen LogP contribution in [-0.2, 0) is 13.1 Å². The number of methoxy groups -OCH3 is 2. The number of carbonyl (C=O) groups is 2. The highest BCUT2D eigenvalue weighted by atomic mass is 35.5. The van der Waals surface area contributed by atoms with Crippen LogP contribution in [0.4, 0.5) is 0 Å². The molecule has 0 aliphatic carbocycles. The Morgan fingerprint density at radius 3 is 2.11 bits per heavy atom. The maximum absolute atomic E-state index is 12.7. The third-order valence-corrected chi connectivity index (χ3v) is 7.40. The standard InChI is InChI=1S/C29H29ClN2O4.ClH/c1-35-26-10-5-20(15-27(26)36-2)17-31-13-11-22(12-14-31)21-6-3-19(4-7-21)18-32-28(33)24-9-8-23(30)16-25(24)29(32)34;/h3-10,15-16,22H,11-14,17-18H2,1-2H3;1H. The van der Waals surface area contributed by atoms with Crippen LogP contribution < -0.4 is 9.47 Å². The first-order valence-electron chi connectivity index (χ1n) is 12.1. The Hall–Kier alpha value is -3.06. The first-order valence-corrected chi connectivity index (χ1v) is 12.5. The van der Waals surface area contributed by atoms with E-state index < -0.39 is 0 Å². The summed E-state index contributed by atoms with van der Waals surface area (Å²) in [6.45, 7) is 3.20. The lowest BCUT2D eigenvalue weighted by Crippen LogP contribution is -2.32. The van der Waals surface area contributed by atoms with Gasteiger partial charge in [0.2, 0.25) is 0 Å². The van der Waals surface area contributed by atoms with Crippen LogP contribution in [0.3, 0.4) is 0 Å². The number of fused-ring (bicyclic) bond motifs is 1. The van der Waals surface area contributed by atoms with Crippen molar-refractivity contribution in [2.24, 2.45) is 0 Å². The number of piperidine rings is 1. The number of carbonyl (C=O) groups excluding carboxylic acids is 2. The number of halogens is 2. The second-order valence-corrected chi connectivity index (χ2v) is 9.80. The molecule has 37 heavy (non-hydrogen) atoms. The summed E-state index contributed by atoms with van der Waals surface area (Å²) in [6, 6.07) is 19.3. The van der Waals surface area contributed by atoms with Gasteiger partial charge >= 0.3 is 0 Å². The maximum atomic E-state index is 12.7. The molecule has 194 valence electrons. The molecule has 8 heteroatoms. The van der Waals surface area contributed by atoms with E-state index in [9.17, 15) is 9.59 Å². The Balaban J connectivity index is 0.00000320.